The molecule has 0 bridgehead atoms. The average Bonchev–Trinajstić information content (AvgIpc) is 2.57. The molecule has 3 aromatic rings. The summed E-state index contributed by atoms with van der Waals surface area (Å²) in [6.07, 6.45) is 8.96. The van der Waals surface area contributed by atoms with Crippen LogP contribution in [0.4, 0.5) is 5.69 Å². The topological polar surface area (TPSA) is 38.9 Å². The Balaban J connectivity index is 1.91. The third kappa shape index (κ3) is 3.47. The fourth-order valence-electron chi connectivity index (χ4n) is 3.41. The van der Waals surface area contributed by atoms with Gasteiger partial charge in [-0.2, -0.15) is 0 Å². The fourth-order valence-corrected chi connectivity index (χ4v) is 3.41. The van der Waals surface area contributed by atoms with Crippen LogP contribution in [-0.2, 0) is 6.42 Å². The summed E-state index contributed by atoms with van der Waals surface area (Å²) in [4.78, 5) is 4.79. The van der Waals surface area contributed by atoms with Gasteiger partial charge in [0.15, 0.2) is 0 Å². The first-order valence-electron chi connectivity index (χ1n) is 8.87. The highest BCUT2D eigenvalue weighted by Crippen LogP contribution is 2.31. The summed E-state index contributed by atoms with van der Waals surface area (Å²) < 4.78 is 0. The number of nitrogen functional groups attached to an aromatic ring is 1. The number of rotatable bonds is 7. The van der Waals surface area contributed by atoms with Gasteiger partial charge in [0.2, 0.25) is 0 Å². The third-order valence-corrected chi connectivity index (χ3v) is 4.63. The monoisotopic (exact) mass is 306 g/mol. The molecule has 0 unspecified atom stereocenters. The Hall–Kier alpha value is -2.09. The van der Waals surface area contributed by atoms with Crippen LogP contribution >= 0.6 is 0 Å². The second-order valence-electron chi connectivity index (χ2n) is 6.37. The number of benzene rings is 2. The van der Waals surface area contributed by atoms with Crippen molar-refractivity contribution in [1.29, 1.82) is 0 Å². The molecule has 0 amide bonds. The first-order valence-corrected chi connectivity index (χ1v) is 8.87. The number of nitrogens with two attached hydrogens (primary N) is 1. The molecule has 23 heavy (non-hydrogen) atoms. The molecular weight excluding hydrogens is 280 g/mol. The number of hydrogen-bond donors (Lipinski definition) is 1. The molecule has 0 aliphatic heterocycles. The molecule has 2 aromatic carbocycles. The van der Waals surface area contributed by atoms with Crippen molar-refractivity contribution in [2.45, 2.75) is 51.9 Å². The van der Waals surface area contributed by atoms with Gasteiger partial charge in [0.1, 0.15) is 0 Å². The van der Waals surface area contributed by atoms with Gasteiger partial charge in [-0.05, 0) is 36.6 Å². The van der Waals surface area contributed by atoms with E-state index in [0.29, 0.717) is 0 Å². The molecular formula is C21H26N2. The maximum absolute atomic E-state index is 6.28. The van der Waals surface area contributed by atoms with Crippen molar-refractivity contribution in [1.82, 2.24) is 4.98 Å². The van der Waals surface area contributed by atoms with Crippen molar-refractivity contribution in [2.75, 3.05) is 5.73 Å². The smallest absolute Gasteiger partial charge is 0.0733 e. The van der Waals surface area contributed by atoms with Crippen molar-refractivity contribution >= 4 is 27.5 Å². The van der Waals surface area contributed by atoms with E-state index in [9.17, 15) is 0 Å². The number of aromatic nitrogens is 1. The van der Waals surface area contributed by atoms with E-state index >= 15 is 0 Å². The lowest BCUT2D eigenvalue weighted by Crippen LogP contribution is -1.97. The van der Waals surface area contributed by atoms with Crippen molar-refractivity contribution in [2.24, 2.45) is 0 Å². The fraction of sp³-hybridized carbons (Fsp3) is 0.381. The number of aryl methyl sites for hydroxylation is 1. The zero-order valence-electron chi connectivity index (χ0n) is 14.0. The first-order chi connectivity index (χ1) is 11.3. The number of fused-ring (bicyclic) bond motifs is 2. The van der Waals surface area contributed by atoms with E-state index < -0.39 is 0 Å². The maximum Gasteiger partial charge on any atom is 0.0733 e. The number of anilines is 1. The van der Waals surface area contributed by atoms with Gasteiger partial charge in [-0.3, -0.25) is 0 Å². The summed E-state index contributed by atoms with van der Waals surface area (Å²) in [5.41, 5.74) is 10.6. The Morgan fingerprint density at radius 1 is 0.826 bits per heavy atom. The summed E-state index contributed by atoms with van der Waals surface area (Å²) in [7, 11) is 0. The highest BCUT2D eigenvalue weighted by molar-refractivity contribution is 6.02. The van der Waals surface area contributed by atoms with Crippen LogP contribution in [0.2, 0.25) is 0 Å². The standard InChI is InChI=1S/C21H26N2/c1-2-3-4-5-6-7-12-17-16-11-8-9-14-19(16)23-20-15-10-13-18(22)21(17)20/h8-11,13-15H,2-7,12,22H2,1H3. The Morgan fingerprint density at radius 2 is 1.57 bits per heavy atom. The average molecular weight is 306 g/mol. The summed E-state index contributed by atoms with van der Waals surface area (Å²) in [5, 5.41) is 2.41. The van der Waals surface area contributed by atoms with E-state index in [-0.39, 0.29) is 0 Å². The molecule has 2 heteroatoms. The van der Waals surface area contributed by atoms with Crippen LogP contribution in [0.5, 0.6) is 0 Å². The Kier molecular flexibility index (Phi) is 5.12. The molecule has 2 nitrogen and oxygen atoms in total. The van der Waals surface area contributed by atoms with Gasteiger partial charge in [-0.15, -0.1) is 0 Å². The molecule has 0 saturated carbocycles. The molecule has 1 aromatic heterocycles. The molecule has 1 heterocycles. The predicted molar refractivity (Wildman–Crippen MR) is 101 cm³/mol. The molecule has 0 atom stereocenters. The number of pyridine rings is 1. The van der Waals surface area contributed by atoms with Gasteiger partial charge in [0, 0.05) is 16.5 Å². The number of hydrogen-bond acceptors (Lipinski definition) is 2. The molecule has 3 rings (SSSR count). The number of unbranched alkanes of at least 4 members (excludes halogenated alkanes) is 5. The Labute approximate surface area is 138 Å². The zero-order chi connectivity index (χ0) is 16.1. The molecule has 2 N–H and O–H groups in total. The molecule has 0 fully saturated rings. The highest BCUT2D eigenvalue weighted by atomic mass is 14.7. The van der Waals surface area contributed by atoms with Gasteiger partial charge in [-0.25, -0.2) is 4.98 Å². The molecule has 0 aliphatic carbocycles. The molecule has 0 saturated heterocycles. The van der Waals surface area contributed by atoms with Crippen molar-refractivity contribution in [3.8, 4) is 0 Å². The van der Waals surface area contributed by atoms with Crippen LogP contribution in [-0.4, -0.2) is 4.98 Å². The van der Waals surface area contributed by atoms with Crippen LogP contribution < -0.4 is 5.73 Å². The van der Waals surface area contributed by atoms with E-state index in [1.165, 1.54) is 49.5 Å². The summed E-state index contributed by atoms with van der Waals surface area (Å²) in [6.45, 7) is 2.26. The van der Waals surface area contributed by atoms with E-state index in [1.54, 1.807) is 0 Å². The Bertz CT molecular complexity index is 792. The van der Waals surface area contributed by atoms with E-state index in [0.717, 1.165) is 28.5 Å². The number of para-hydroxylation sites is 1. The second-order valence-corrected chi connectivity index (χ2v) is 6.37. The van der Waals surface area contributed by atoms with E-state index in [2.05, 4.69) is 37.3 Å². The zero-order valence-corrected chi connectivity index (χ0v) is 14.0. The van der Waals surface area contributed by atoms with Gasteiger partial charge in [-0.1, -0.05) is 63.3 Å². The lowest BCUT2D eigenvalue weighted by Gasteiger charge is -2.12. The first kappa shape index (κ1) is 15.8. The van der Waals surface area contributed by atoms with Gasteiger partial charge in [0.05, 0.1) is 11.0 Å². The molecule has 120 valence electrons. The quantitative estimate of drug-likeness (QED) is 0.336. The van der Waals surface area contributed by atoms with Gasteiger partial charge in [0.25, 0.3) is 0 Å². The highest BCUT2D eigenvalue weighted by Gasteiger charge is 2.10. The van der Waals surface area contributed by atoms with E-state index in [4.69, 9.17) is 10.7 Å². The summed E-state index contributed by atoms with van der Waals surface area (Å²) in [6, 6.07) is 14.5. The largest absolute Gasteiger partial charge is 0.398 e. The van der Waals surface area contributed by atoms with Crippen molar-refractivity contribution in [3.63, 3.8) is 0 Å². The third-order valence-electron chi connectivity index (χ3n) is 4.63. The van der Waals surface area contributed by atoms with Gasteiger partial charge < -0.3 is 5.73 Å². The van der Waals surface area contributed by atoms with Crippen molar-refractivity contribution < 1.29 is 0 Å². The minimum atomic E-state index is 0.849. The molecule has 0 spiro atoms. The van der Waals surface area contributed by atoms with E-state index in [1.807, 2.05) is 12.1 Å². The second kappa shape index (κ2) is 7.45. The lowest BCUT2D eigenvalue weighted by atomic mass is 9.96. The maximum atomic E-state index is 6.28. The van der Waals surface area contributed by atoms with Crippen LogP contribution in [0.3, 0.4) is 0 Å². The molecule has 0 aliphatic rings. The SMILES string of the molecule is CCCCCCCCc1c2ccccc2nc2cccc(N)c12. The minimum absolute atomic E-state index is 0.849. The normalized spacial score (nSPS) is 11.3. The minimum Gasteiger partial charge on any atom is -0.398 e. The van der Waals surface area contributed by atoms with Crippen LogP contribution in [0, 0.1) is 0 Å². The summed E-state index contributed by atoms with van der Waals surface area (Å²) >= 11 is 0. The van der Waals surface area contributed by atoms with Crippen LogP contribution in [0.15, 0.2) is 42.5 Å². The van der Waals surface area contributed by atoms with Crippen molar-refractivity contribution in [3.05, 3.63) is 48.0 Å². The van der Waals surface area contributed by atoms with Crippen LogP contribution in [0.1, 0.15) is 51.0 Å². The Morgan fingerprint density at radius 3 is 2.43 bits per heavy atom. The molecule has 0 radical (unpaired) electrons. The number of nitrogens with zero attached hydrogens (tertiary/aromatic N) is 1. The lowest BCUT2D eigenvalue weighted by molar-refractivity contribution is 0.609. The predicted octanol–water partition coefficient (Wildman–Crippen LogP) is 5.87. The summed E-state index contributed by atoms with van der Waals surface area (Å²) in [5.74, 6) is 0. The van der Waals surface area contributed by atoms with Crippen LogP contribution in [0.25, 0.3) is 21.8 Å². The van der Waals surface area contributed by atoms with Gasteiger partial charge >= 0.3 is 0 Å².